The molecule has 34 heavy (non-hydrogen) atoms. The smallest absolute Gasteiger partial charge is 0.235 e. The fourth-order valence-electron chi connectivity index (χ4n) is 3.88. The minimum atomic E-state index is -0.964. The molecule has 178 valence electrons. The maximum absolute atomic E-state index is 9.38. The highest BCUT2D eigenvalue weighted by atomic mass is 32.1. The minimum Gasteiger partial charge on any atom is -0.394 e. The summed E-state index contributed by atoms with van der Waals surface area (Å²) in [5.74, 6) is 1.16. The first-order valence-electron chi connectivity index (χ1n) is 11.4. The van der Waals surface area contributed by atoms with Crippen LogP contribution in [0.3, 0.4) is 0 Å². The standard InChI is InChI=1S/C27H31N3O3S/c1-18-5-6-21(14-19(18)2)15-23(24-4-3-13-34-24)26-29-25(30-33-26)22-9-7-20(8-10-22)11-12-27(28,16-31)17-32/h3-10,13-14,23,31-32H,11-12,15-17,28H2,1-2H3. The number of nitrogens with two attached hydrogens (primary N) is 1. The molecule has 7 heteroatoms. The average Bonchev–Trinajstić information content (AvgIpc) is 3.56. The number of thiophene rings is 1. The van der Waals surface area contributed by atoms with Crippen LogP contribution >= 0.6 is 11.3 Å². The van der Waals surface area contributed by atoms with Gasteiger partial charge < -0.3 is 20.5 Å². The van der Waals surface area contributed by atoms with Crippen molar-refractivity contribution in [3.05, 3.63) is 93.0 Å². The highest BCUT2D eigenvalue weighted by molar-refractivity contribution is 7.10. The Labute approximate surface area is 204 Å². The summed E-state index contributed by atoms with van der Waals surface area (Å²) in [6, 6.07) is 18.6. The number of benzene rings is 2. The Hall–Kier alpha value is -2.84. The third-order valence-electron chi connectivity index (χ3n) is 6.39. The van der Waals surface area contributed by atoms with Gasteiger partial charge in [-0.2, -0.15) is 4.98 Å². The lowest BCUT2D eigenvalue weighted by molar-refractivity contribution is 0.115. The topological polar surface area (TPSA) is 105 Å². The number of rotatable bonds is 10. The summed E-state index contributed by atoms with van der Waals surface area (Å²) >= 11 is 1.70. The molecule has 0 aliphatic carbocycles. The molecule has 4 aromatic rings. The summed E-state index contributed by atoms with van der Waals surface area (Å²) in [5.41, 5.74) is 10.8. The highest BCUT2D eigenvalue weighted by Gasteiger charge is 2.24. The van der Waals surface area contributed by atoms with E-state index >= 15 is 0 Å². The van der Waals surface area contributed by atoms with Gasteiger partial charge in [0.2, 0.25) is 11.7 Å². The Bertz CT molecular complexity index is 1200. The van der Waals surface area contributed by atoms with Gasteiger partial charge in [0, 0.05) is 10.4 Å². The van der Waals surface area contributed by atoms with E-state index in [-0.39, 0.29) is 19.1 Å². The summed E-state index contributed by atoms with van der Waals surface area (Å²) in [5, 5.41) is 25.1. The summed E-state index contributed by atoms with van der Waals surface area (Å²) in [4.78, 5) is 5.95. The van der Waals surface area contributed by atoms with Crippen LogP contribution in [0.2, 0.25) is 0 Å². The molecule has 0 bridgehead atoms. The lowest BCUT2D eigenvalue weighted by Gasteiger charge is -2.24. The summed E-state index contributed by atoms with van der Waals surface area (Å²) in [7, 11) is 0. The molecule has 0 saturated carbocycles. The number of aryl methyl sites for hydroxylation is 3. The summed E-state index contributed by atoms with van der Waals surface area (Å²) in [6.07, 6.45) is 1.94. The quantitative estimate of drug-likeness (QED) is 0.313. The Balaban J connectivity index is 1.52. The lowest BCUT2D eigenvalue weighted by atomic mass is 9.93. The van der Waals surface area contributed by atoms with Crippen molar-refractivity contribution in [1.29, 1.82) is 0 Å². The van der Waals surface area contributed by atoms with Crippen LogP contribution in [0.4, 0.5) is 0 Å². The Morgan fingerprint density at radius 1 is 1.00 bits per heavy atom. The minimum absolute atomic E-state index is 0.00253. The second-order valence-corrected chi connectivity index (χ2v) is 10.0. The monoisotopic (exact) mass is 477 g/mol. The van der Waals surface area contributed by atoms with E-state index in [9.17, 15) is 10.2 Å². The fraction of sp³-hybridized carbons (Fsp3) is 0.333. The first kappa shape index (κ1) is 24.3. The van der Waals surface area contributed by atoms with Gasteiger partial charge in [0.25, 0.3) is 0 Å². The molecule has 4 rings (SSSR count). The van der Waals surface area contributed by atoms with Crippen LogP contribution in [-0.4, -0.2) is 39.1 Å². The molecular formula is C27H31N3O3S. The van der Waals surface area contributed by atoms with Crippen molar-refractivity contribution in [2.75, 3.05) is 13.2 Å². The zero-order chi connectivity index (χ0) is 24.1. The van der Waals surface area contributed by atoms with Crippen molar-refractivity contribution in [3.63, 3.8) is 0 Å². The molecule has 0 aliphatic rings. The number of nitrogens with zero attached hydrogens (tertiary/aromatic N) is 2. The zero-order valence-electron chi connectivity index (χ0n) is 19.6. The van der Waals surface area contributed by atoms with Crippen molar-refractivity contribution < 1.29 is 14.7 Å². The third-order valence-corrected chi connectivity index (χ3v) is 7.38. The molecule has 6 nitrogen and oxygen atoms in total. The van der Waals surface area contributed by atoms with Crippen LogP contribution in [0.15, 0.2) is 64.5 Å². The van der Waals surface area contributed by atoms with Crippen LogP contribution in [0.5, 0.6) is 0 Å². The number of aliphatic hydroxyl groups excluding tert-OH is 2. The van der Waals surface area contributed by atoms with E-state index in [1.165, 1.54) is 21.6 Å². The van der Waals surface area contributed by atoms with Gasteiger partial charge in [-0.1, -0.05) is 53.7 Å². The second-order valence-electron chi connectivity index (χ2n) is 9.02. The molecule has 4 N–H and O–H groups in total. The van der Waals surface area contributed by atoms with Crippen molar-refractivity contribution >= 4 is 11.3 Å². The van der Waals surface area contributed by atoms with Crippen LogP contribution in [0.25, 0.3) is 11.4 Å². The zero-order valence-corrected chi connectivity index (χ0v) is 20.4. The van der Waals surface area contributed by atoms with E-state index in [1.807, 2.05) is 30.3 Å². The summed E-state index contributed by atoms with van der Waals surface area (Å²) < 4.78 is 5.76. The molecule has 0 amide bonds. The van der Waals surface area contributed by atoms with Crippen molar-refractivity contribution in [1.82, 2.24) is 10.1 Å². The molecule has 0 spiro atoms. The lowest BCUT2D eigenvalue weighted by Crippen LogP contribution is -2.47. The average molecular weight is 478 g/mol. The molecule has 2 aromatic heterocycles. The largest absolute Gasteiger partial charge is 0.394 e. The molecule has 2 aromatic carbocycles. The van der Waals surface area contributed by atoms with Gasteiger partial charge in [-0.15, -0.1) is 11.3 Å². The van der Waals surface area contributed by atoms with Gasteiger partial charge in [-0.25, -0.2) is 0 Å². The van der Waals surface area contributed by atoms with E-state index in [0.717, 1.165) is 17.5 Å². The van der Waals surface area contributed by atoms with Gasteiger partial charge >= 0.3 is 0 Å². The first-order chi connectivity index (χ1) is 16.4. The van der Waals surface area contributed by atoms with E-state index in [4.69, 9.17) is 15.2 Å². The van der Waals surface area contributed by atoms with Crippen LogP contribution in [-0.2, 0) is 12.8 Å². The number of hydrogen-bond acceptors (Lipinski definition) is 7. The van der Waals surface area contributed by atoms with Gasteiger partial charge in [0.15, 0.2) is 0 Å². The van der Waals surface area contributed by atoms with E-state index in [2.05, 4.69) is 48.6 Å². The maximum Gasteiger partial charge on any atom is 0.235 e. The number of hydrogen-bond donors (Lipinski definition) is 3. The molecule has 1 atom stereocenters. The van der Waals surface area contributed by atoms with Gasteiger partial charge in [0.1, 0.15) is 0 Å². The van der Waals surface area contributed by atoms with Crippen molar-refractivity contribution in [3.8, 4) is 11.4 Å². The molecule has 0 fully saturated rings. The van der Waals surface area contributed by atoms with Crippen molar-refractivity contribution in [2.24, 2.45) is 5.73 Å². The second kappa shape index (κ2) is 10.6. The maximum atomic E-state index is 9.38. The normalized spacial score (nSPS) is 12.7. The highest BCUT2D eigenvalue weighted by Crippen LogP contribution is 2.32. The summed E-state index contributed by atoms with van der Waals surface area (Å²) in [6.45, 7) is 3.76. The number of aliphatic hydroxyl groups is 2. The SMILES string of the molecule is Cc1ccc(CC(c2nc(-c3ccc(CCC(N)(CO)CO)cc3)no2)c2cccs2)cc1C. The Morgan fingerprint density at radius 2 is 1.74 bits per heavy atom. The van der Waals surface area contributed by atoms with Crippen LogP contribution in [0.1, 0.15) is 45.4 Å². The molecule has 0 saturated heterocycles. The first-order valence-corrected chi connectivity index (χ1v) is 12.3. The predicted octanol–water partition coefficient (Wildman–Crippen LogP) is 4.40. The molecule has 2 heterocycles. The van der Waals surface area contributed by atoms with E-state index in [0.29, 0.717) is 24.6 Å². The van der Waals surface area contributed by atoms with Gasteiger partial charge in [-0.3, -0.25) is 0 Å². The van der Waals surface area contributed by atoms with Gasteiger partial charge in [-0.05, 0) is 66.8 Å². The van der Waals surface area contributed by atoms with Crippen molar-refractivity contribution in [2.45, 2.75) is 44.6 Å². The molecule has 0 radical (unpaired) electrons. The Morgan fingerprint density at radius 3 is 2.38 bits per heavy atom. The third kappa shape index (κ3) is 5.62. The van der Waals surface area contributed by atoms with E-state index < -0.39 is 5.54 Å². The molecule has 1 unspecified atom stereocenters. The Kier molecular flexibility index (Phi) is 7.58. The molecule has 0 aliphatic heterocycles. The fourth-order valence-corrected chi connectivity index (χ4v) is 4.70. The molecular weight excluding hydrogens is 446 g/mol. The van der Waals surface area contributed by atoms with Crippen LogP contribution < -0.4 is 5.73 Å². The van der Waals surface area contributed by atoms with E-state index in [1.54, 1.807) is 11.3 Å². The van der Waals surface area contributed by atoms with Gasteiger partial charge in [0.05, 0.1) is 24.7 Å². The number of aromatic nitrogens is 2. The van der Waals surface area contributed by atoms with Crippen LogP contribution in [0, 0.1) is 13.8 Å². The predicted molar refractivity (Wildman–Crippen MR) is 135 cm³/mol.